The first-order valence-electron chi connectivity index (χ1n) is 3.67. The van der Waals surface area contributed by atoms with Gasteiger partial charge >= 0.3 is 0 Å². The number of hydrogen-bond acceptors (Lipinski definition) is 4. The molecule has 0 saturated heterocycles. The van der Waals surface area contributed by atoms with Gasteiger partial charge in [-0.15, -0.1) is 4.99 Å². The van der Waals surface area contributed by atoms with Gasteiger partial charge in [0.05, 0.1) is 0 Å². The Morgan fingerprint density at radius 1 is 1.31 bits per heavy atom. The molecular formula is C8H10BrNO3. The van der Waals surface area contributed by atoms with E-state index in [0.717, 1.165) is 4.47 Å². The van der Waals surface area contributed by atoms with Gasteiger partial charge in [-0.05, 0) is 24.3 Å². The number of nitrogens with two attached hydrogens (primary N) is 1. The lowest BCUT2D eigenvalue weighted by atomic mass is 10.3. The van der Waals surface area contributed by atoms with Crippen LogP contribution in [-0.4, -0.2) is 6.29 Å². The van der Waals surface area contributed by atoms with Crippen molar-refractivity contribution in [2.24, 2.45) is 5.90 Å². The number of benzene rings is 1. The summed E-state index contributed by atoms with van der Waals surface area (Å²) in [6, 6.07) is 7.34. The van der Waals surface area contributed by atoms with Gasteiger partial charge in [0.1, 0.15) is 5.75 Å². The average Bonchev–Trinajstić information content (AvgIpc) is 2.09. The normalized spacial score (nSPS) is 12.5. The maximum absolute atomic E-state index is 5.26. The highest BCUT2D eigenvalue weighted by molar-refractivity contribution is 9.10. The van der Waals surface area contributed by atoms with Gasteiger partial charge in [-0.2, -0.15) is 10.8 Å². The fraction of sp³-hybridized carbons (Fsp3) is 0.250. The minimum atomic E-state index is -0.536. The first kappa shape index (κ1) is 10.5. The third-order valence-electron chi connectivity index (χ3n) is 1.31. The van der Waals surface area contributed by atoms with Crippen molar-refractivity contribution in [3.63, 3.8) is 0 Å². The number of ether oxygens (including phenoxy) is 1. The molecule has 0 aliphatic heterocycles. The summed E-state index contributed by atoms with van der Waals surface area (Å²) >= 11 is 3.31. The SMILES string of the molecule is CC(OON)Oc1ccc(Br)cc1. The zero-order valence-corrected chi connectivity index (χ0v) is 8.65. The third kappa shape index (κ3) is 3.73. The Bertz CT molecular complexity index is 252. The lowest BCUT2D eigenvalue weighted by Crippen LogP contribution is -2.18. The molecule has 5 heteroatoms. The fourth-order valence-corrected chi connectivity index (χ4v) is 1.07. The topological polar surface area (TPSA) is 53.7 Å². The molecule has 0 aromatic heterocycles. The van der Waals surface area contributed by atoms with E-state index in [4.69, 9.17) is 10.6 Å². The Hall–Kier alpha value is -0.620. The summed E-state index contributed by atoms with van der Waals surface area (Å²) in [5.74, 6) is 5.39. The summed E-state index contributed by atoms with van der Waals surface area (Å²) in [5, 5.41) is 0. The van der Waals surface area contributed by atoms with Crippen molar-refractivity contribution < 1.29 is 14.6 Å². The molecule has 1 unspecified atom stereocenters. The molecule has 2 N–H and O–H groups in total. The van der Waals surface area contributed by atoms with Crippen molar-refractivity contribution in [2.75, 3.05) is 0 Å². The summed E-state index contributed by atoms with van der Waals surface area (Å²) in [4.78, 5) is 8.49. The van der Waals surface area contributed by atoms with E-state index in [0.29, 0.717) is 5.75 Å². The van der Waals surface area contributed by atoms with E-state index in [1.165, 1.54) is 0 Å². The van der Waals surface area contributed by atoms with Gasteiger partial charge in [0.15, 0.2) is 0 Å². The molecule has 0 aliphatic rings. The Labute approximate surface area is 84.6 Å². The van der Waals surface area contributed by atoms with E-state index >= 15 is 0 Å². The van der Waals surface area contributed by atoms with Crippen LogP contribution in [0.1, 0.15) is 6.92 Å². The zero-order chi connectivity index (χ0) is 9.68. The smallest absolute Gasteiger partial charge is 0.230 e. The summed E-state index contributed by atoms with van der Waals surface area (Å²) in [6.45, 7) is 1.68. The number of rotatable bonds is 4. The van der Waals surface area contributed by atoms with Crippen molar-refractivity contribution in [1.82, 2.24) is 0 Å². The maximum atomic E-state index is 5.26. The van der Waals surface area contributed by atoms with Crippen LogP contribution in [0.3, 0.4) is 0 Å². The highest BCUT2D eigenvalue weighted by Gasteiger charge is 2.03. The zero-order valence-electron chi connectivity index (χ0n) is 7.07. The van der Waals surface area contributed by atoms with E-state index in [-0.39, 0.29) is 0 Å². The molecule has 4 nitrogen and oxygen atoms in total. The van der Waals surface area contributed by atoms with E-state index in [9.17, 15) is 0 Å². The monoisotopic (exact) mass is 247 g/mol. The van der Waals surface area contributed by atoms with Gasteiger partial charge in [0.25, 0.3) is 0 Å². The summed E-state index contributed by atoms with van der Waals surface area (Å²) in [7, 11) is 0. The molecule has 0 bridgehead atoms. The van der Waals surface area contributed by atoms with Crippen LogP contribution >= 0.6 is 15.9 Å². The maximum Gasteiger partial charge on any atom is 0.230 e. The molecule has 1 atom stereocenters. The molecule has 1 rings (SSSR count). The van der Waals surface area contributed by atoms with Crippen molar-refractivity contribution in [3.8, 4) is 5.75 Å². The van der Waals surface area contributed by atoms with E-state index in [1.807, 2.05) is 12.1 Å². The predicted octanol–water partition coefficient (Wildman–Crippen LogP) is 2.00. The summed E-state index contributed by atoms with van der Waals surface area (Å²) in [5.41, 5.74) is 0. The fourth-order valence-electron chi connectivity index (χ4n) is 0.803. The van der Waals surface area contributed by atoms with Gasteiger partial charge in [-0.3, -0.25) is 0 Å². The average molecular weight is 248 g/mol. The van der Waals surface area contributed by atoms with Gasteiger partial charge in [0.2, 0.25) is 6.29 Å². The summed E-state index contributed by atoms with van der Waals surface area (Å²) in [6.07, 6.45) is -0.536. The molecule has 13 heavy (non-hydrogen) atoms. The van der Waals surface area contributed by atoms with Crippen LogP contribution in [0.2, 0.25) is 0 Å². The molecule has 0 heterocycles. The molecule has 0 fully saturated rings. The van der Waals surface area contributed by atoms with Crippen LogP contribution in [0.25, 0.3) is 0 Å². The van der Waals surface area contributed by atoms with Crippen molar-refractivity contribution in [1.29, 1.82) is 0 Å². The molecule has 0 amide bonds. The van der Waals surface area contributed by atoms with Crippen molar-refractivity contribution >= 4 is 15.9 Å². The van der Waals surface area contributed by atoms with Gasteiger partial charge < -0.3 is 4.74 Å². The Balaban J connectivity index is 2.49. The standard InChI is InChI=1S/C8H10BrNO3/c1-6(12-13-10)11-8-4-2-7(9)3-5-8/h2-6H,10H2,1H3. The summed E-state index contributed by atoms with van der Waals surface area (Å²) < 4.78 is 6.25. The van der Waals surface area contributed by atoms with Crippen LogP contribution in [0.15, 0.2) is 28.7 Å². The second kappa shape index (κ2) is 5.18. The van der Waals surface area contributed by atoms with Gasteiger partial charge in [0, 0.05) is 11.4 Å². The van der Waals surface area contributed by atoms with Crippen LogP contribution in [-0.2, 0) is 9.88 Å². The molecule has 0 radical (unpaired) electrons. The molecule has 0 spiro atoms. The van der Waals surface area contributed by atoms with Crippen molar-refractivity contribution in [2.45, 2.75) is 13.2 Å². The van der Waals surface area contributed by atoms with Crippen LogP contribution in [0.5, 0.6) is 5.75 Å². The van der Waals surface area contributed by atoms with Crippen molar-refractivity contribution in [3.05, 3.63) is 28.7 Å². The Morgan fingerprint density at radius 3 is 2.46 bits per heavy atom. The van der Waals surface area contributed by atoms with E-state index < -0.39 is 6.29 Å². The number of hydrogen-bond donors (Lipinski definition) is 1. The number of halogens is 1. The lowest BCUT2D eigenvalue weighted by molar-refractivity contribution is -0.361. The molecular weight excluding hydrogens is 238 g/mol. The van der Waals surface area contributed by atoms with Crippen LogP contribution < -0.4 is 10.6 Å². The van der Waals surface area contributed by atoms with Gasteiger partial charge in [-0.1, -0.05) is 15.9 Å². The highest BCUT2D eigenvalue weighted by atomic mass is 79.9. The highest BCUT2D eigenvalue weighted by Crippen LogP contribution is 2.17. The van der Waals surface area contributed by atoms with E-state index in [1.54, 1.807) is 19.1 Å². The minimum Gasteiger partial charge on any atom is -0.462 e. The minimum absolute atomic E-state index is 0.536. The second-order valence-electron chi connectivity index (χ2n) is 2.33. The largest absolute Gasteiger partial charge is 0.462 e. The van der Waals surface area contributed by atoms with Crippen LogP contribution in [0, 0.1) is 0 Å². The quantitative estimate of drug-likeness (QED) is 0.503. The Kier molecular flexibility index (Phi) is 4.17. The first-order chi connectivity index (χ1) is 6.22. The third-order valence-corrected chi connectivity index (χ3v) is 1.84. The second-order valence-corrected chi connectivity index (χ2v) is 3.25. The molecule has 72 valence electrons. The predicted molar refractivity (Wildman–Crippen MR) is 50.6 cm³/mol. The van der Waals surface area contributed by atoms with Crippen LogP contribution in [0.4, 0.5) is 0 Å². The molecule has 1 aromatic carbocycles. The molecule has 1 aromatic rings. The molecule has 0 saturated carbocycles. The first-order valence-corrected chi connectivity index (χ1v) is 4.46. The Morgan fingerprint density at radius 2 is 1.92 bits per heavy atom. The van der Waals surface area contributed by atoms with E-state index in [2.05, 4.69) is 25.8 Å². The lowest BCUT2D eigenvalue weighted by Gasteiger charge is -2.11. The van der Waals surface area contributed by atoms with Gasteiger partial charge in [-0.25, -0.2) is 0 Å². The molecule has 0 aliphatic carbocycles.